The second-order valence-corrected chi connectivity index (χ2v) is 13.8. The topological polar surface area (TPSA) is 82.4 Å². The Bertz CT molecular complexity index is 1840. The van der Waals surface area contributed by atoms with E-state index in [2.05, 4.69) is 45.2 Å². The maximum absolute atomic E-state index is 16.1. The first-order valence-electron chi connectivity index (χ1n) is 16.3. The lowest BCUT2D eigenvalue weighted by Gasteiger charge is -2.35. The van der Waals surface area contributed by atoms with Gasteiger partial charge in [0, 0.05) is 46.4 Å². The van der Waals surface area contributed by atoms with E-state index in [9.17, 15) is 18.8 Å². The van der Waals surface area contributed by atoms with Gasteiger partial charge in [0.25, 0.3) is 0 Å². The number of thiophene rings is 1. The molecule has 2 aromatic heterocycles. The van der Waals surface area contributed by atoms with Gasteiger partial charge in [0.05, 0.1) is 15.8 Å². The molecule has 2 aromatic carbocycles. The minimum absolute atomic E-state index is 0.0185. The number of nitrogens with zero attached hydrogens (tertiary/aromatic N) is 5. The van der Waals surface area contributed by atoms with Crippen LogP contribution >= 0.6 is 11.3 Å². The van der Waals surface area contributed by atoms with Crippen molar-refractivity contribution < 1.29 is 22.7 Å². The Kier molecular flexibility index (Phi) is 12.2. The molecule has 48 heavy (non-hydrogen) atoms. The van der Waals surface area contributed by atoms with Gasteiger partial charge in [-0.25, -0.2) is 13.2 Å². The Hall–Kier alpha value is -4.01. The predicted octanol–water partition coefficient (Wildman–Crippen LogP) is 8.80. The number of fused-ring (bicyclic) bond motifs is 2. The molecule has 0 saturated carbocycles. The number of hydrogen-bond acceptors (Lipinski definition) is 8. The summed E-state index contributed by atoms with van der Waals surface area (Å²) in [4.78, 5) is 24.0. The van der Waals surface area contributed by atoms with E-state index in [4.69, 9.17) is 14.7 Å². The Labute approximate surface area is 285 Å². The van der Waals surface area contributed by atoms with Crippen molar-refractivity contribution in [3.63, 3.8) is 0 Å². The van der Waals surface area contributed by atoms with Gasteiger partial charge in [-0.05, 0) is 76.4 Å². The molecule has 0 amide bonds. The van der Waals surface area contributed by atoms with E-state index in [0.29, 0.717) is 68.2 Å². The van der Waals surface area contributed by atoms with Crippen LogP contribution in [0.5, 0.6) is 6.01 Å². The highest BCUT2D eigenvalue weighted by molar-refractivity contribution is 7.19. The van der Waals surface area contributed by atoms with E-state index in [1.807, 2.05) is 11.9 Å². The molecule has 7 nitrogen and oxygen atoms in total. The molecule has 11 heteroatoms. The van der Waals surface area contributed by atoms with Gasteiger partial charge in [-0.15, -0.1) is 11.3 Å². The van der Waals surface area contributed by atoms with E-state index in [-0.39, 0.29) is 36.0 Å². The summed E-state index contributed by atoms with van der Waals surface area (Å²) in [5, 5.41) is 10.8. The van der Waals surface area contributed by atoms with E-state index < -0.39 is 17.8 Å². The van der Waals surface area contributed by atoms with Gasteiger partial charge in [-0.3, -0.25) is 9.69 Å². The molecule has 3 unspecified atom stereocenters. The minimum atomic E-state index is -0.903. The molecule has 1 saturated heterocycles. The maximum atomic E-state index is 16.1. The lowest BCUT2D eigenvalue weighted by Crippen LogP contribution is -2.39. The minimum Gasteiger partial charge on any atom is -0.462 e. The number of likely N-dealkylation sites (N-methyl/N-ethyl adjacent to an activating group) is 1. The Morgan fingerprint density at radius 1 is 1.23 bits per heavy atom. The summed E-state index contributed by atoms with van der Waals surface area (Å²) in [6.07, 6.45) is 2.66. The molecule has 1 fully saturated rings. The van der Waals surface area contributed by atoms with Crippen LogP contribution < -0.4 is 9.64 Å². The number of carbonyl (C=O) groups is 1. The van der Waals surface area contributed by atoms with Gasteiger partial charge in [0.2, 0.25) is 0 Å². The zero-order chi connectivity index (χ0) is 35.3. The van der Waals surface area contributed by atoms with Gasteiger partial charge in [-0.2, -0.15) is 15.2 Å². The first-order valence-corrected chi connectivity index (χ1v) is 17.2. The molecular weight excluding hydrogens is 636 g/mol. The summed E-state index contributed by atoms with van der Waals surface area (Å²) in [6, 6.07) is 8.27. The van der Waals surface area contributed by atoms with Crippen LogP contribution in [0.15, 0.2) is 36.9 Å². The number of benzene rings is 2. The molecule has 0 spiro atoms. The fourth-order valence-electron chi connectivity index (χ4n) is 6.31. The third-order valence-corrected chi connectivity index (χ3v) is 9.92. The third-order valence-electron chi connectivity index (χ3n) is 8.81. The van der Waals surface area contributed by atoms with Crippen molar-refractivity contribution in [2.24, 2.45) is 5.92 Å². The second-order valence-electron chi connectivity index (χ2n) is 12.6. The summed E-state index contributed by atoms with van der Waals surface area (Å²) in [7, 11) is 1.87. The number of anilines is 1. The summed E-state index contributed by atoms with van der Waals surface area (Å²) in [6.45, 7) is 16.2. The van der Waals surface area contributed by atoms with Crippen molar-refractivity contribution in [2.45, 2.75) is 79.1 Å². The molecule has 256 valence electrons. The first-order chi connectivity index (χ1) is 22.8. The number of allylic oxidation sites excluding steroid dienone is 1. The number of ketones is 1. The number of hydrogen-bond donors (Lipinski definition) is 0. The van der Waals surface area contributed by atoms with E-state index >= 15 is 4.39 Å². The van der Waals surface area contributed by atoms with Crippen LogP contribution in [-0.4, -0.2) is 65.7 Å². The number of aromatic nitrogens is 2. The van der Waals surface area contributed by atoms with Crippen LogP contribution in [0.1, 0.15) is 64.3 Å². The van der Waals surface area contributed by atoms with Crippen molar-refractivity contribution >= 4 is 43.9 Å². The lowest BCUT2D eigenvalue weighted by molar-refractivity contribution is -0.112. The fraction of sp³-hybridized carbons (Fsp3) is 0.459. The SMILES string of the molecule is C=CC(C)=O.CCCC(C(C)C)N(CC)c1nc(OCC2CC(F)CN2C)nc2cc(-c3ccc(F)c4sc(C)c(C#N)c34)c(F)cc12. The Morgan fingerprint density at radius 2 is 1.94 bits per heavy atom. The molecule has 0 radical (unpaired) electrons. The number of likely N-dealkylation sites (tertiary alicyclic amines) is 1. The molecule has 3 heterocycles. The van der Waals surface area contributed by atoms with Crippen LogP contribution in [0.25, 0.3) is 32.1 Å². The smallest absolute Gasteiger partial charge is 0.319 e. The van der Waals surface area contributed by atoms with Gasteiger partial charge in [0.1, 0.15) is 36.3 Å². The highest BCUT2D eigenvalue weighted by Gasteiger charge is 2.31. The first kappa shape index (κ1) is 36.8. The van der Waals surface area contributed by atoms with Crippen LogP contribution in [0.3, 0.4) is 0 Å². The Balaban J connectivity index is 0.000000968. The largest absolute Gasteiger partial charge is 0.462 e. The van der Waals surface area contributed by atoms with Gasteiger partial charge in [-0.1, -0.05) is 39.8 Å². The molecular formula is C37H44F3N5O2S. The molecule has 0 bridgehead atoms. The van der Waals surface area contributed by atoms with Crippen LogP contribution in [0.4, 0.5) is 19.0 Å². The van der Waals surface area contributed by atoms with Gasteiger partial charge in [0.15, 0.2) is 5.78 Å². The Morgan fingerprint density at radius 3 is 2.50 bits per heavy atom. The number of ether oxygens (including phenoxy) is 1. The average molecular weight is 680 g/mol. The van der Waals surface area contributed by atoms with Crippen molar-refractivity contribution in [3.8, 4) is 23.2 Å². The standard InChI is InChI=1S/C33H38F3N5OS.C4H6O/c1-7-9-29(18(3)4)41(8-2)32-24-13-27(36)23(22-10-11-26(35)31-30(22)25(15-37)19(5)43-31)14-28(24)38-33(39-32)42-17-21-12-20(34)16-40(21)6;1-3-4(2)5/h10-11,13-14,18,20-21,29H,7-9,12,16-17H2,1-6H3;3H,1H2,2H3. The summed E-state index contributed by atoms with van der Waals surface area (Å²) in [5.74, 6) is -0.0512. The highest BCUT2D eigenvalue weighted by Crippen LogP contribution is 2.42. The van der Waals surface area contributed by atoms with Crippen LogP contribution in [0, 0.1) is 35.8 Å². The van der Waals surface area contributed by atoms with Gasteiger partial charge >= 0.3 is 6.01 Å². The van der Waals surface area contributed by atoms with Crippen molar-refractivity contribution in [1.29, 1.82) is 5.26 Å². The summed E-state index contributed by atoms with van der Waals surface area (Å²) >= 11 is 1.19. The summed E-state index contributed by atoms with van der Waals surface area (Å²) < 4.78 is 51.4. The number of alkyl halides is 1. The molecule has 0 aliphatic carbocycles. The predicted molar refractivity (Wildman–Crippen MR) is 189 cm³/mol. The van der Waals surface area contributed by atoms with E-state index in [0.717, 1.165) is 12.8 Å². The van der Waals surface area contributed by atoms with E-state index in [1.165, 1.54) is 42.5 Å². The summed E-state index contributed by atoms with van der Waals surface area (Å²) in [5.41, 5.74) is 1.46. The quantitative estimate of drug-likeness (QED) is 0.147. The monoisotopic (exact) mass is 679 g/mol. The highest BCUT2D eigenvalue weighted by atomic mass is 32.1. The molecule has 3 atom stereocenters. The molecule has 5 rings (SSSR count). The number of rotatable bonds is 11. The van der Waals surface area contributed by atoms with Crippen molar-refractivity contribution in [3.05, 3.63) is 59.0 Å². The van der Waals surface area contributed by atoms with Crippen LogP contribution in [0.2, 0.25) is 0 Å². The van der Waals surface area contributed by atoms with E-state index in [1.54, 1.807) is 13.0 Å². The number of carbonyl (C=O) groups excluding carboxylic acids is 1. The number of nitriles is 1. The average Bonchev–Trinajstić information content (AvgIpc) is 3.57. The van der Waals surface area contributed by atoms with Crippen LogP contribution in [-0.2, 0) is 4.79 Å². The number of aryl methyl sites for hydroxylation is 1. The normalized spacial score (nSPS) is 16.9. The third kappa shape index (κ3) is 7.82. The molecule has 1 aliphatic heterocycles. The second kappa shape index (κ2) is 15.9. The fourth-order valence-corrected chi connectivity index (χ4v) is 7.35. The number of halogens is 3. The zero-order valence-corrected chi connectivity index (χ0v) is 29.6. The van der Waals surface area contributed by atoms with Gasteiger partial charge < -0.3 is 9.64 Å². The molecule has 1 aliphatic rings. The molecule has 0 N–H and O–H groups in total. The van der Waals surface area contributed by atoms with Crippen molar-refractivity contribution in [1.82, 2.24) is 14.9 Å². The maximum Gasteiger partial charge on any atom is 0.319 e. The lowest BCUT2D eigenvalue weighted by atomic mass is 9.96. The molecule has 4 aromatic rings. The zero-order valence-electron chi connectivity index (χ0n) is 28.7. The van der Waals surface area contributed by atoms with Crippen molar-refractivity contribution in [2.75, 3.05) is 31.6 Å².